The van der Waals surface area contributed by atoms with Crippen molar-refractivity contribution in [3.05, 3.63) is 58.6 Å². The summed E-state index contributed by atoms with van der Waals surface area (Å²) >= 11 is 6.47. The normalized spacial score (nSPS) is 15.5. The van der Waals surface area contributed by atoms with E-state index in [9.17, 15) is 9.90 Å². The van der Waals surface area contributed by atoms with Gasteiger partial charge in [0.15, 0.2) is 0 Å². The quantitative estimate of drug-likeness (QED) is 0.276. The Kier molecular flexibility index (Phi) is 10.9. The minimum Gasteiger partial charge on any atom is -0.481 e. The number of hydrogen-bond donors (Lipinski definition) is 2. The molecule has 2 heterocycles. The fourth-order valence-corrected chi connectivity index (χ4v) is 5.21. The second-order valence-electron chi connectivity index (χ2n) is 12.5. The molecule has 218 valence electrons. The minimum absolute atomic E-state index is 0. The fourth-order valence-electron chi connectivity index (χ4n) is 4.95. The number of carbonyl (C=O) groups is 1. The van der Waals surface area contributed by atoms with Gasteiger partial charge >= 0.3 is 5.97 Å². The van der Waals surface area contributed by atoms with Crippen molar-refractivity contribution in [3.63, 3.8) is 0 Å². The summed E-state index contributed by atoms with van der Waals surface area (Å²) in [5.41, 5.74) is 8.80. The van der Waals surface area contributed by atoms with E-state index in [4.69, 9.17) is 21.9 Å². The van der Waals surface area contributed by atoms with Crippen LogP contribution >= 0.6 is 11.6 Å². The number of likely N-dealkylation sites (tertiary alicyclic amines) is 1. The zero-order chi connectivity index (χ0) is 29.5. The Balaban J connectivity index is 0.000000810. The van der Waals surface area contributed by atoms with Gasteiger partial charge in [0.25, 0.3) is 5.89 Å². The first-order valence-electron chi connectivity index (χ1n) is 14.3. The molecule has 1 aromatic heterocycles. The van der Waals surface area contributed by atoms with Crippen LogP contribution in [0.25, 0.3) is 22.8 Å². The number of aromatic nitrogens is 2. The molecular formula is C32H45ClN4O3. The zero-order valence-electron chi connectivity index (χ0n) is 24.8. The van der Waals surface area contributed by atoms with Gasteiger partial charge in [0.05, 0.1) is 5.41 Å². The van der Waals surface area contributed by atoms with Crippen molar-refractivity contribution in [2.45, 2.75) is 85.7 Å². The second-order valence-corrected chi connectivity index (χ2v) is 12.9. The van der Waals surface area contributed by atoms with Crippen LogP contribution in [0.5, 0.6) is 0 Å². The highest BCUT2D eigenvalue weighted by Crippen LogP contribution is 2.37. The molecule has 3 N–H and O–H groups in total. The summed E-state index contributed by atoms with van der Waals surface area (Å²) in [6.07, 6.45) is 4.01. The monoisotopic (exact) mass is 568 g/mol. The lowest BCUT2D eigenvalue weighted by molar-refractivity contribution is -0.152. The Labute approximate surface area is 244 Å². The van der Waals surface area contributed by atoms with Crippen molar-refractivity contribution in [2.24, 2.45) is 17.1 Å². The van der Waals surface area contributed by atoms with Crippen LogP contribution in [0.3, 0.4) is 0 Å². The highest BCUT2D eigenvalue weighted by molar-refractivity contribution is 6.31. The molecule has 1 aliphatic heterocycles. The van der Waals surface area contributed by atoms with Crippen LogP contribution in [0.2, 0.25) is 5.02 Å². The lowest BCUT2D eigenvalue weighted by Crippen LogP contribution is -2.44. The second kappa shape index (κ2) is 13.7. The average molecular weight is 569 g/mol. The number of aliphatic carboxylic acids is 1. The molecule has 40 heavy (non-hydrogen) atoms. The molecule has 1 aliphatic rings. The van der Waals surface area contributed by atoms with Gasteiger partial charge in [0.2, 0.25) is 5.82 Å². The maximum absolute atomic E-state index is 11.8. The first kappa shape index (κ1) is 31.8. The first-order chi connectivity index (χ1) is 18.8. The van der Waals surface area contributed by atoms with Crippen molar-refractivity contribution in [1.82, 2.24) is 15.0 Å². The number of benzene rings is 2. The zero-order valence-corrected chi connectivity index (χ0v) is 25.6. The third kappa shape index (κ3) is 9.15. The van der Waals surface area contributed by atoms with E-state index in [1.165, 1.54) is 5.56 Å². The van der Waals surface area contributed by atoms with Gasteiger partial charge in [-0.25, -0.2) is 0 Å². The van der Waals surface area contributed by atoms with Gasteiger partial charge in [0, 0.05) is 28.2 Å². The van der Waals surface area contributed by atoms with Gasteiger partial charge in [-0.1, -0.05) is 74.3 Å². The predicted octanol–water partition coefficient (Wildman–Crippen LogP) is 7.47. The molecule has 3 aromatic rings. The summed E-state index contributed by atoms with van der Waals surface area (Å²) in [6, 6.07) is 14.1. The summed E-state index contributed by atoms with van der Waals surface area (Å²) < 4.78 is 5.52. The SMILES string of the molecule is CC(C)(C)N.CCCC1(C(=O)O)CCN(Cc2ccc(-c3noc(-c4ccc(CC(C)C)c(Cl)c4)n3)cc2)CC1. The maximum Gasteiger partial charge on any atom is 0.309 e. The number of carboxylic acids is 1. The van der Waals surface area contributed by atoms with Gasteiger partial charge in [0.1, 0.15) is 0 Å². The lowest BCUT2D eigenvalue weighted by atomic mass is 9.75. The molecule has 0 spiro atoms. The molecule has 1 saturated heterocycles. The molecule has 8 heteroatoms. The molecule has 7 nitrogen and oxygen atoms in total. The number of nitrogens with zero attached hydrogens (tertiary/aromatic N) is 3. The Morgan fingerprint density at radius 3 is 2.25 bits per heavy atom. The summed E-state index contributed by atoms with van der Waals surface area (Å²) in [6.45, 7) is 14.7. The molecule has 0 saturated carbocycles. The summed E-state index contributed by atoms with van der Waals surface area (Å²) in [5.74, 6) is 0.879. The molecule has 0 amide bonds. The topological polar surface area (TPSA) is 105 Å². The Morgan fingerprint density at radius 2 is 1.73 bits per heavy atom. The van der Waals surface area contributed by atoms with E-state index in [1.54, 1.807) is 0 Å². The number of piperidine rings is 1. The summed E-state index contributed by atoms with van der Waals surface area (Å²) in [7, 11) is 0. The number of rotatable bonds is 9. The molecule has 0 unspecified atom stereocenters. The number of hydrogen-bond acceptors (Lipinski definition) is 6. The van der Waals surface area contributed by atoms with Crippen LogP contribution < -0.4 is 5.73 Å². The van der Waals surface area contributed by atoms with Crippen molar-refractivity contribution in [2.75, 3.05) is 13.1 Å². The van der Waals surface area contributed by atoms with Gasteiger partial charge in [-0.05, 0) is 88.7 Å². The van der Waals surface area contributed by atoms with Crippen LogP contribution in [-0.4, -0.2) is 44.7 Å². The summed E-state index contributed by atoms with van der Waals surface area (Å²) in [4.78, 5) is 18.7. The van der Waals surface area contributed by atoms with Crippen LogP contribution in [-0.2, 0) is 17.8 Å². The molecule has 2 aromatic carbocycles. The van der Waals surface area contributed by atoms with E-state index in [0.29, 0.717) is 35.5 Å². The van der Waals surface area contributed by atoms with E-state index in [-0.39, 0.29) is 5.54 Å². The highest BCUT2D eigenvalue weighted by atomic mass is 35.5. The Bertz CT molecular complexity index is 1230. The predicted molar refractivity (Wildman–Crippen MR) is 162 cm³/mol. The molecule has 0 bridgehead atoms. The van der Waals surface area contributed by atoms with E-state index in [2.05, 4.69) is 47.9 Å². The van der Waals surface area contributed by atoms with Crippen LogP contribution in [0.1, 0.15) is 78.4 Å². The minimum atomic E-state index is -0.642. The Hall–Kier alpha value is -2.74. The van der Waals surface area contributed by atoms with E-state index in [0.717, 1.165) is 55.6 Å². The van der Waals surface area contributed by atoms with Crippen LogP contribution in [0.4, 0.5) is 0 Å². The maximum atomic E-state index is 11.8. The van der Waals surface area contributed by atoms with E-state index in [1.807, 2.05) is 51.1 Å². The molecule has 0 aliphatic carbocycles. The third-order valence-electron chi connectivity index (χ3n) is 6.97. The number of carboxylic acid groups (broad SMARTS) is 1. The van der Waals surface area contributed by atoms with Gasteiger partial charge < -0.3 is 15.4 Å². The van der Waals surface area contributed by atoms with Crippen molar-refractivity contribution >= 4 is 17.6 Å². The van der Waals surface area contributed by atoms with Crippen molar-refractivity contribution in [1.29, 1.82) is 0 Å². The molecule has 1 fully saturated rings. The van der Waals surface area contributed by atoms with Gasteiger partial charge in [-0.15, -0.1) is 0 Å². The van der Waals surface area contributed by atoms with Gasteiger partial charge in [-0.3, -0.25) is 9.69 Å². The molecule has 0 atom stereocenters. The van der Waals surface area contributed by atoms with E-state index < -0.39 is 11.4 Å². The lowest BCUT2D eigenvalue weighted by Gasteiger charge is -2.38. The smallest absolute Gasteiger partial charge is 0.309 e. The molecule has 4 rings (SSSR count). The van der Waals surface area contributed by atoms with Crippen molar-refractivity contribution < 1.29 is 14.4 Å². The van der Waals surface area contributed by atoms with Crippen LogP contribution in [0.15, 0.2) is 47.0 Å². The van der Waals surface area contributed by atoms with Crippen molar-refractivity contribution in [3.8, 4) is 22.8 Å². The first-order valence-corrected chi connectivity index (χ1v) is 14.6. The molecule has 0 radical (unpaired) electrons. The van der Waals surface area contributed by atoms with Crippen LogP contribution in [0, 0.1) is 11.3 Å². The standard InChI is InChI=1S/C28H34ClN3O3.C4H11N/c1-4-11-28(27(33)34)12-14-32(15-13-28)18-20-5-7-21(8-6-20)25-30-26(35-31-25)23-10-9-22(16-19(2)3)24(29)17-23;1-4(2,3)5/h5-10,17,19H,4,11-16,18H2,1-3H3,(H,33,34);5H2,1-3H3. The largest absolute Gasteiger partial charge is 0.481 e. The molecular weight excluding hydrogens is 524 g/mol. The van der Waals surface area contributed by atoms with Gasteiger partial charge in [-0.2, -0.15) is 4.98 Å². The van der Waals surface area contributed by atoms with E-state index >= 15 is 0 Å². The number of halogens is 1. The Morgan fingerprint density at radius 1 is 1.12 bits per heavy atom. The highest BCUT2D eigenvalue weighted by Gasteiger charge is 2.40. The number of nitrogens with two attached hydrogens (primary N) is 1. The average Bonchev–Trinajstić information content (AvgIpc) is 3.36. The fraction of sp³-hybridized carbons (Fsp3) is 0.531. The summed E-state index contributed by atoms with van der Waals surface area (Å²) in [5, 5.41) is 14.6. The third-order valence-corrected chi connectivity index (χ3v) is 7.32.